The summed E-state index contributed by atoms with van der Waals surface area (Å²) >= 11 is 5.40. The van der Waals surface area contributed by atoms with Gasteiger partial charge in [0.05, 0.1) is 7.11 Å². The Labute approximate surface area is 180 Å². The van der Waals surface area contributed by atoms with Gasteiger partial charge in [0.15, 0.2) is 5.11 Å². The molecule has 0 heterocycles. The number of hydrogen-bond acceptors (Lipinski definition) is 3. The molecule has 0 bridgehead atoms. The molecule has 2 N–H and O–H groups in total. The fraction of sp³-hybridized carbons (Fsp3) is 0.667. The highest BCUT2D eigenvalue weighted by Crippen LogP contribution is 2.59. The lowest BCUT2D eigenvalue weighted by Gasteiger charge is -2.49. The summed E-state index contributed by atoms with van der Waals surface area (Å²) in [6.45, 7) is 5.56. The molecule has 3 aliphatic carbocycles. The average molecular weight is 414 g/mol. The number of ether oxygens (including phenoxy) is 1. The molecule has 1 aromatic rings. The maximum Gasteiger partial charge on any atom is 0.186 e. The first kappa shape index (κ1) is 20.6. The van der Waals surface area contributed by atoms with Crippen molar-refractivity contribution in [1.82, 2.24) is 10.7 Å². The zero-order chi connectivity index (χ0) is 20.4. The monoisotopic (exact) mass is 413 g/mol. The smallest absolute Gasteiger partial charge is 0.186 e. The van der Waals surface area contributed by atoms with Crippen LogP contribution in [0.2, 0.25) is 0 Å². The molecule has 2 fully saturated rings. The molecule has 29 heavy (non-hydrogen) atoms. The molecule has 5 heteroatoms. The quantitative estimate of drug-likeness (QED) is 0.397. The number of rotatable bonds is 5. The minimum absolute atomic E-state index is 0.219. The lowest BCUT2D eigenvalue weighted by Crippen LogP contribution is -2.43. The van der Waals surface area contributed by atoms with E-state index in [2.05, 4.69) is 42.8 Å². The molecular weight excluding hydrogens is 378 g/mol. The highest BCUT2D eigenvalue weighted by molar-refractivity contribution is 7.80. The lowest BCUT2D eigenvalue weighted by atomic mass is 9.55. The Morgan fingerprint density at radius 2 is 2.14 bits per heavy atom. The number of fused-ring (bicyclic) bond motifs is 5. The fourth-order valence-electron chi connectivity index (χ4n) is 6.19. The Morgan fingerprint density at radius 1 is 1.28 bits per heavy atom. The van der Waals surface area contributed by atoms with Gasteiger partial charge in [-0.1, -0.05) is 26.3 Å². The Balaban J connectivity index is 1.47. The number of unbranched alkanes of at least 4 members (excludes halogenated alkanes) is 1. The highest BCUT2D eigenvalue weighted by Gasteiger charge is 2.53. The van der Waals surface area contributed by atoms with Gasteiger partial charge in [0.25, 0.3) is 0 Å². The van der Waals surface area contributed by atoms with Crippen molar-refractivity contribution in [3.8, 4) is 5.75 Å². The number of nitrogens with zero attached hydrogens (tertiary/aromatic N) is 1. The van der Waals surface area contributed by atoms with Crippen molar-refractivity contribution in [2.45, 2.75) is 71.1 Å². The van der Waals surface area contributed by atoms with Crippen LogP contribution in [0.1, 0.15) is 75.8 Å². The third kappa shape index (κ3) is 3.90. The minimum atomic E-state index is 0.219. The van der Waals surface area contributed by atoms with Crippen molar-refractivity contribution in [3.63, 3.8) is 0 Å². The van der Waals surface area contributed by atoms with Crippen molar-refractivity contribution in [2.75, 3.05) is 13.7 Å². The van der Waals surface area contributed by atoms with Crippen LogP contribution in [0.3, 0.4) is 0 Å². The van der Waals surface area contributed by atoms with E-state index < -0.39 is 0 Å². The average Bonchev–Trinajstić information content (AvgIpc) is 3.08. The topological polar surface area (TPSA) is 45.7 Å². The number of methoxy groups -OCH3 is 1. The molecule has 3 aliphatic rings. The number of thiocarbonyl (C=S) groups is 1. The second-order valence-corrected chi connectivity index (χ2v) is 9.66. The van der Waals surface area contributed by atoms with E-state index >= 15 is 0 Å². The van der Waals surface area contributed by atoms with Gasteiger partial charge in [0.2, 0.25) is 0 Å². The first-order valence-corrected chi connectivity index (χ1v) is 11.8. The second-order valence-electron chi connectivity index (χ2n) is 9.25. The molecule has 158 valence electrons. The van der Waals surface area contributed by atoms with Crippen LogP contribution in [0.4, 0.5) is 0 Å². The first-order valence-electron chi connectivity index (χ1n) is 11.3. The van der Waals surface area contributed by atoms with Crippen molar-refractivity contribution < 1.29 is 4.74 Å². The van der Waals surface area contributed by atoms with Crippen LogP contribution in [0.15, 0.2) is 23.3 Å². The van der Waals surface area contributed by atoms with Crippen molar-refractivity contribution in [3.05, 3.63) is 29.3 Å². The largest absolute Gasteiger partial charge is 0.497 e. The zero-order valence-electron chi connectivity index (χ0n) is 18.1. The summed E-state index contributed by atoms with van der Waals surface area (Å²) in [5.41, 5.74) is 7.77. The van der Waals surface area contributed by atoms with Crippen LogP contribution >= 0.6 is 12.2 Å². The fourth-order valence-corrected chi connectivity index (χ4v) is 6.34. The van der Waals surface area contributed by atoms with Gasteiger partial charge in [-0.2, -0.15) is 5.10 Å². The molecule has 0 aromatic heterocycles. The molecule has 4 atom stereocenters. The number of aryl methyl sites for hydroxylation is 1. The minimum Gasteiger partial charge on any atom is -0.497 e. The van der Waals surface area contributed by atoms with E-state index in [-0.39, 0.29) is 5.41 Å². The Kier molecular flexibility index (Phi) is 6.14. The van der Waals surface area contributed by atoms with E-state index in [0.717, 1.165) is 37.0 Å². The molecule has 0 unspecified atom stereocenters. The lowest BCUT2D eigenvalue weighted by molar-refractivity contribution is 0.0954. The van der Waals surface area contributed by atoms with Crippen LogP contribution in [-0.2, 0) is 6.42 Å². The van der Waals surface area contributed by atoms with Crippen LogP contribution in [0.5, 0.6) is 5.75 Å². The van der Waals surface area contributed by atoms with Gasteiger partial charge in [-0.25, -0.2) is 0 Å². The van der Waals surface area contributed by atoms with Gasteiger partial charge in [-0.3, -0.25) is 5.43 Å². The molecule has 0 radical (unpaired) electrons. The molecule has 0 aliphatic heterocycles. The third-order valence-corrected chi connectivity index (χ3v) is 8.02. The van der Waals surface area contributed by atoms with E-state index in [1.165, 1.54) is 49.8 Å². The Bertz CT molecular complexity index is 792. The summed E-state index contributed by atoms with van der Waals surface area (Å²) in [6.07, 6.45) is 9.62. The standard InChI is InChI=1S/C24H35N3OS/c1-4-5-14-25-23(29)27-26-22-11-10-21-20-8-6-16-15-17(28-3)7-9-18(16)19(20)12-13-24(21,22)2/h7,9,15,19-21H,4-6,8,10-14H2,1-3H3,(H2,25,27,29)/t19-,20-,21+,24+/m1/s1. The Hall–Kier alpha value is -1.62. The van der Waals surface area contributed by atoms with Crippen molar-refractivity contribution in [1.29, 1.82) is 0 Å². The molecular formula is C24H35N3OS. The maximum absolute atomic E-state index is 5.45. The molecule has 4 rings (SSSR count). The van der Waals surface area contributed by atoms with Gasteiger partial charge in [0.1, 0.15) is 5.75 Å². The SMILES string of the molecule is CCCCNC(=S)NN=C1CC[C@H]2[C@@H]3CCc4cc(OC)ccc4[C@H]3CC[C@]12C. The summed E-state index contributed by atoms with van der Waals surface area (Å²) in [5, 5.41) is 8.73. The zero-order valence-corrected chi connectivity index (χ0v) is 18.9. The molecule has 0 saturated heterocycles. The molecule has 0 spiro atoms. The van der Waals surface area contributed by atoms with Crippen LogP contribution < -0.4 is 15.5 Å². The number of benzene rings is 1. The van der Waals surface area contributed by atoms with E-state index in [9.17, 15) is 0 Å². The van der Waals surface area contributed by atoms with Gasteiger partial charge < -0.3 is 10.1 Å². The second kappa shape index (κ2) is 8.63. The number of hydrogen-bond donors (Lipinski definition) is 2. The van der Waals surface area contributed by atoms with E-state index in [0.29, 0.717) is 11.0 Å². The van der Waals surface area contributed by atoms with Gasteiger partial charge in [-0.15, -0.1) is 0 Å². The molecule has 0 amide bonds. The normalized spacial score (nSPS) is 31.6. The van der Waals surface area contributed by atoms with Crippen LogP contribution in [-0.4, -0.2) is 24.5 Å². The van der Waals surface area contributed by atoms with Crippen molar-refractivity contribution in [2.24, 2.45) is 22.4 Å². The molecule has 2 saturated carbocycles. The van der Waals surface area contributed by atoms with Gasteiger partial charge in [-0.05, 0) is 98.2 Å². The van der Waals surface area contributed by atoms with Crippen LogP contribution in [0, 0.1) is 17.3 Å². The summed E-state index contributed by atoms with van der Waals surface area (Å²) in [7, 11) is 1.76. The summed E-state index contributed by atoms with van der Waals surface area (Å²) in [4.78, 5) is 0. The predicted molar refractivity (Wildman–Crippen MR) is 124 cm³/mol. The van der Waals surface area contributed by atoms with E-state index in [1.54, 1.807) is 12.7 Å². The number of hydrazone groups is 1. The van der Waals surface area contributed by atoms with Crippen LogP contribution in [0.25, 0.3) is 0 Å². The third-order valence-electron chi connectivity index (χ3n) is 7.78. The first-order chi connectivity index (χ1) is 14.1. The van der Waals surface area contributed by atoms with E-state index in [4.69, 9.17) is 22.1 Å². The maximum atomic E-state index is 5.45. The highest BCUT2D eigenvalue weighted by atomic mass is 32.1. The number of nitrogens with one attached hydrogen (secondary N) is 2. The summed E-state index contributed by atoms with van der Waals surface area (Å²) in [5.74, 6) is 3.20. The van der Waals surface area contributed by atoms with Gasteiger partial charge in [0, 0.05) is 17.7 Å². The summed E-state index contributed by atoms with van der Waals surface area (Å²) in [6, 6.07) is 6.74. The molecule has 1 aromatic carbocycles. The summed E-state index contributed by atoms with van der Waals surface area (Å²) < 4.78 is 5.45. The van der Waals surface area contributed by atoms with Crippen molar-refractivity contribution >= 4 is 23.0 Å². The predicted octanol–water partition coefficient (Wildman–Crippen LogP) is 5.17. The molecule has 4 nitrogen and oxygen atoms in total. The van der Waals surface area contributed by atoms with E-state index in [1.807, 2.05) is 0 Å². The Morgan fingerprint density at radius 3 is 2.93 bits per heavy atom. The van der Waals surface area contributed by atoms with Gasteiger partial charge >= 0.3 is 0 Å².